The van der Waals surface area contributed by atoms with Gasteiger partial charge in [0.1, 0.15) is 0 Å². The topological polar surface area (TPSA) is 41.1 Å². The van der Waals surface area contributed by atoms with Gasteiger partial charge >= 0.3 is 0 Å². The monoisotopic (exact) mass is 272 g/mol. The third kappa shape index (κ3) is 19.9. The lowest BCUT2D eigenvalue weighted by molar-refractivity contribution is -0.121. The molecule has 3 heteroatoms. The highest BCUT2D eigenvalue weighted by atomic mass is 16.1. The van der Waals surface area contributed by atoms with E-state index in [2.05, 4.69) is 31.4 Å². The molecule has 0 aliphatic heterocycles. The summed E-state index contributed by atoms with van der Waals surface area (Å²) in [6.07, 6.45) is 7.61. The second kappa shape index (κ2) is 17.4. The second-order valence-electron chi connectivity index (χ2n) is 4.98. The summed E-state index contributed by atoms with van der Waals surface area (Å²) in [5.74, 6) is 0.216. The molecular weight excluding hydrogens is 236 g/mol. The molecule has 0 aromatic carbocycles. The Morgan fingerprint density at radius 3 is 2.05 bits per heavy atom. The van der Waals surface area contributed by atoms with E-state index < -0.39 is 0 Å². The SMILES string of the molecule is CC.CCCCC(=O)NCCCCCCNC(C)C. The van der Waals surface area contributed by atoms with Crippen LogP contribution in [0, 0.1) is 0 Å². The summed E-state index contributed by atoms with van der Waals surface area (Å²) in [6, 6.07) is 0.591. The van der Waals surface area contributed by atoms with Gasteiger partial charge < -0.3 is 10.6 Å². The van der Waals surface area contributed by atoms with Gasteiger partial charge in [-0.05, 0) is 25.8 Å². The number of carbonyl (C=O) groups is 1. The first kappa shape index (κ1) is 20.7. The molecule has 0 bridgehead atoms. The molecule has 0 heterocycles. The highest BCUT2D eigenvalue weighted by Gasteiger charge is 1.98. The Hall–Kier alpha value is -0.570. The molecule has 116 valence electrons. The summed E-state index contributed by atoms with van der Waals surface area (Å²) < 4.78 is 0. The average Bonchev–Trinajstić information content (AvgIpc) is 2.41. The van der Waals surface area contributed by atoms with Gasteiger partial charge in [0.25, 0.3) is 0 Å². The molecule has 0 aromatic heterocycles. The molecule has 0 saturated heterocycles. The van der Waals surface area contributed by atoms with E-state index in [0.29, 0.717) is 12.5 Å². The quantitative estimate of drug-likeness (QED) is 0.560. The molecule has 2 N–H and O–H groups in total. The van der Waals surface area contributed by atoms with Gasteiger partial charge in [0, 0.05) is 19.0 Å². The minimum Gasteiger partial charge on any atom is -0.356 e. The summed E-state index contributed by atoms with van der Waals surface area (Å²) in [4.78, 5) is 11.3. The van der Waals surface area contributed by atoms with Gasteiger partial charge in [0.2, 0.25) is 5.91 Å². The lowest BCUT2D eigenvalue weighted by atomic mass is 10.2. The van der Waals surface area contributed by atoms with E-state index in [-0.39, 0.29) is 5.91 Å². The molecular formula is C16H36N2O. The van der Waals surface area contributed by atoms with Crippen LogP contribution >= 0.6 is 0 Å². The van der Waals surface area contributed by atoms with E-state index in [9.17, 15) is 4.79 Å². The van der Waals surface area contributed by atoms with Crippen LogP contribution in [0.2, 0.25) is 0 Å². The molecule has 0 spiro atoms. The first-order valence-corrected chi connectivity index (χ1v) is 8.17. The standard InChI is InChI=1S/C14H30N2O.C2H6/c1-4-5-10-14(17)16-12-9-7-6-8-11-15-13(2)3;1-2/h13,15H,4-12H2,1-3H3,(H,16,17);1-2H3. The Kier molecular flexibility index (Phi) is 19.0. The van der Waals surface area contributed by atoms with Crippen molar-refractivity contribution in [3.63, 3.8) is 0 Å². The summed E-state index contributed by atoms with van der Waals surface area (Å²) >= 11 is 0. The van der Waals surface area contributed by atoms with Gasteiger partial charge in [-0.1, -0.05) is 53.9 Å². The Morgan fingerprint density at radius 1 is 0.947 bits per heavy atom. The maximum Gasteiger partial charge on any atom is 0.219 e. The molecule has 19 heavy (non-hydrogen) atoms. The average molecular weight is 272 g/mol. The van der Waals surface area contributed by atoms with Crippen molar-refractivity contribution in [1.29, 1.82) is 0 Å². The molecule has 0 aromatic rings. The van der Waals surface area contributed by atoms with Gasteiger partial charge in [-0.15, -0.1) is 0 Å². The first-order chi connectivity index (χ1) is 9.16. The predicted octanol–water partition coefficient (Wildman–Crippen LogP) is 3.88. The third-order valence-corrected chi connectivity index (χ3v) is 2.74. The molecule has 0 fully saturated rings. The Bertz CT molecular complexity index is 182. The maximum atomic E-state index is 11.3. The van der Waals surface area contributed by atoms with Crippen molar-refractivity contribution in [2.24, 2.45) is 0 Å². The van der Waals surface area contributed by atoms with Crippen molar-refractivity contribution in [2.75, 3.05) is 13.1 Å². The molecule has 3 nitrogen and oxygen atoms in total. The van der Waals surface area contributed by atoms with E-state index in [1.807, 2.05) is 13.8 Å². The van der Waals surface area contributed by atoms with E-state index in [4.69, 9.17) is 0 Å². The molecule has 0 unspecified atom stereocenters. The largest absolute Gasteiger partial charge is 0.356 e. The van der Waals surface area contributed by atoms with E-state index >= 15 is 0 Å². The number of unbranched alkanes of at least 4 members (excludes halogenated alkanes) is 4. The summed E-state index contributed by atoms with van der Waals surface area (Å²) in [6.45, 7) is 12.4. The molecule has 0 saturated carbocycles. The van der Waals surface area contributed by atoms with Crippen LogP contribution in [-0.4, -0.2) is 25.0 Å². The smallest absolute Gasteiger partial charge is 0.219 e. The van der Waals surface area contributed by atoms with Crippen LogP contribution in [0.4, 0.5) is 0 Å². The number of hydrogen-bond acceptors (Lipinski definition) is 2. The number of carbonyl (C=O) groups excluding carboxylic acids is 1. The minimum atomic E-state index is 0.216. The number of hydrogen-bond donors (Lipinski definition) is 2. The van der Waals surface area contributed by atoms with Gasteiger partial charge in [-0.3, -0.25) is 4.79 Å². The third-order valence-electron chi connectivity index (χ3n) is 2.74. The van der Waals surface area contributed by atoms with Crippen molar-refractivity contribution in [2.45, 2.75) is 85.6 Å². The number of amides is 1. The molecule has 0 rings (SSSR count). The van der Waals surface area contributed by atoms with Gasteiger partial charge in [-0.25, -0.2) is 0 Å². The maximum absolute atomic E-state index is 11.3. The zero-order valence-corrected chi connectivity index (χ0v) is 13.8. The molecule has 0 aliphatic carbocycles. The normalized spacial score (nSPS) is 10.0. The van der Waals surface area contributed by atoms with Crippen molar-refractivity contribution >= 4 is 5.91 Å². The van der Waals surface area contributed by atoms with Crippen molar-refractivity contribution in [1.82, 2.24) is 10.6 Å². The minimum absolute atomic E-state index is 0.216. The van der Waals surface area contributed by atoms with Crippen molar-refractivity contribution < 1.29 is 4.79 Å². The molecule has 0 aliphatic rings. The lowest BCUT2D eigenvalue weighted by Crippen LogP contribution is -2.24. The Labute approximate surface area is 120 Å². The number of nitrogens with one attached hydrogen (secondary N) is 2. The fourth-order valence-corrected chi connectivity index (χ4v) is 1.65. The molecule has 0 radical (unpaired) electrons. The highest BCUT2D eigenvalue weighted by molar-refractivity contribution is 5.75. The van der Waals surface area contributed by atoms with Crippen molar-refractivity contribution in [3.8, 4) is 0 Å². The van der Waals surface area contributed by atoms with Gasteiger partial charge in [0.15, 0.2) is 0 Å². The summed E-state index contributed by atoms with van der Waals surface area (Å²) in [7, 11) is 0. The van der Waals surface area contributed by atoms with Crippen LogP contribution in [0.1, 0.15) is 79.6 Å². The van der Waals surface area contributed by atoms with Crippen molar-refractivity contribution in [3.05, 3.63) is 0 Å². The van der Waals surface area contributed by atoms with E-state index in [0.717, 1.165) is 32.4 Å². The lowest BCUT2D eigenvalue weighted by Gasteiger charge is -2.07. The highest BCUT2D eigenvalue weighted by Crippen LogP contribution is 1.99. The summed E-state index contributed by atoms with van der Waals surface area (Å²) in [5.41, 5.74) is 0. The molecule has 1 amide bonds. The zero-order valence-electron chi connectivity index (χ0n) is 13.8. The second-order valence-corrected chi connectivity index (χ2v) is 4.98. The van der Waals surface area contributed by atoms with Crippen LogP contribution < -0.4 is 10.6 Å². The fraction of sp³-hybridized carbons (Fsp3) is 0.938. The molecule has 0 atom stereocenters. The summed E-state index contributed by atoms with van der Waals surface area (Å²) in [5, 5.41) is 6.38. The van der Waals surface area contributed by atoms with Crippen LogP contribution in [0.5, 0.6) is 0 Å². The predicted molar refractivity (Wildman–Crippen MR) is 85.5 cm³/mol. The van der Waals surface area contributed by atoms with Gasteiger partial charge in [0.05, 0.1) is 0 Å². The van der Waals surface area contributed by atoms with Crippen LogP contribution in [0.25, 0.3) is 0 Å². The van der Waals surface area contributed by atoms with Crippen LogP contribution in [0.3, 0.4) is 0 Å². The zero-order chi connectivity index (χ0) is 14.9. The van der Waals surface area contributed by atoms with Gasteiger partial charge in [-0.2, -0.15) is 0 Å². The Morgan fingerprint density at radius 2 is 1.53 bits per heavy atom. The van der Waals surface area contributed by atoms with Crippen LogP contribution in [0.15, 0.2) is 0 Å². The van der Waals surface area contributed by atoms with E-state index in [1.54, 1.807) is 0 Å². The number of rotatable bonds is 11. The Balaban J connectivity index is 0. The van der Waals surface area contributed by atoms with Crippen LogP contribution in [-0.2, 0) is 4.79 Å². The fourth-order valence-electron chi connectivity index (χ4n) is 1.65. The first-order valence-electron chi connectivity index (χ1n) is 8.17. The van der Waals surface area contributed by atoms with E-state index in [1.165, 1.54) is 19.3 Å².